The van der Waals surface area contributed by atoms with E-state index in [1.165, 1.54) is 50.1 Å². The Labute approximate surface area is 342 Å². The summed E-state index contributed by atoms with van der Waals surface area (Å²) in [4.78, 5) is 2.25. The summed E-state index contributed by atoms with van der Waals surface area (Å²) in [7, 11) is 2.14. The van der Waals surface area contributed by atoms with Gasteiger partial charge in [0.25, 0.3) is 0 Å². The molecule has 2 heteroatoms. The highest BCUT2D eigenvalue weighted by Crippen LogP contribution is 2.59. The van der Waals surface area contributed by atoms with Gasteiger partial charge in [-0.15, -0.1) is 0 Å². The van der Waals surface area contributed by atoms with E-state index in [0.717, 1.165) is 33.3 Å². The molecule has 1 heterocycles. The minimum atomic E-state index is -0.468. The molecule has 0 saturated heterocycles. The molecule has 0 spiro atoms. The van der Waals surface area contributed by atoms with Crippen molar-refractivity contribution in [2.24, 2.45) is 0 Å². The molecule has 0 aliphatic heterocycles. The van der Waals surface area contributed by atoms with Gasteiger partial charge < -0.3 is 9.32 Å². The number of furan rings is 1. The standard InChI is InChI=1S/C38H27NO.C11H12.C7H8/c1-39(28-17-9-4-10-18-28)29-21-23-33-32(25-29)36-34(24-22-31-30-19-11-12-20-35(30)40-37(31)36)38(33,26-13-5-2-6-14-26)27-15-7-3-8-16-27;1-3-4-8-11-9-6-5-7-10(11)2;1-7-5-3-2-4-6-7/h2-25H,1H3;3-9H,1H2,2H3;2-6H,1H3/b;8-4-;. The van der Waals surface area contributed by atoms with Crippen molar-refractivity contribution in [2.45, 2.75) is 19.3 Å². The zero-order chi connectivity index (χ0) is 39.9. The first-order valence-corrected chi connectivity index (χ1v) is 19.9. The second-order valence-corrected chi connectivity index (χ2v) is 14.7. The fourth-order valence-electron chi connectivity index (χ4n) is 8.23. The second kappa shape index (κ2) is 16.9. The molecule has 0 atom stereocenters. The van der Waals surface area contributed by atoms with Crippen molar-refractivity contribution in [3.05, 3.63) is 258 Å². The van der Waals surface area contributed by atoms with Crippen molar-refractivity contribution >= 4 is 39.4 Å². The third-order valence-corrected chi connectivity index (χ3v) is 11.1. The van der Waals surface area contributed by atoms with E-state index in [-0.39, 0.29) is 0 Å². The molecule has 9 aromatic rings. The normalized spacial score (nSPS) is 12.2. The molecular weight excluding hydrogens is 703 g/mol. The predicted molar refractivity (Wildman–Crippen MR) is 247 cm³/mol. The minimum Gasteiger partial charge on any atom is -0.455 e. The van der Waals surface area contributed by atoms with Gasteiger partial charge in [-0.05, 0) is 83.1 Å². The molecule has 1 aliphatic carbocycles. The van der Waals surface area contributed by atoms with Gasteiger partial charge in [0.05, 0.1) is 5.41 Å². The van der Waals surface area contributed by atoms with Crippen LogP contribution in [0.3, 0.4) is 0 Å². The lowest BCUT2D eigenvalue weighted by Crippen LogP contribution is -2.28. The Balaban J connectivity index is 0.000000215. The van der Waals surface area contributed by atoms with Gasteiger partial charge in [0.1, 0.15) is 11.2 Å². The SMILES string of the molecule is C=C/C=C\c1ccccc1C.CN(c1ccccc1)c1ccc2c(c1)-c1c(ccc3c1oc1ccccc13)C2(c1ccccc1)c1ccccc1.Cc1ccccc1. The summed E-state index contributed by atoms with van der Waals surface area (Å²) < 4.78 is 6.69. The number of hydrogen-bond acceptors (Lipinski definition) is 2. The molecule has 58 heavy (non-hydrogen) atoms. The first kappa shape index (κ1) is 37.7. The zero-order valence-corrected chi connectivity index (χ0v) is 33.3. The highest BCUT2D eigenvalue weighted by atomic mass is 16.3. The van der Waals surface area contributed by atoms with Gasteiger partial charge in [0.15, 0.2) is 0 Å². The van der Waals surface area contributed by atoms with Crippen LogP contribution in [-0.4, -0.2) is 7.05 Å². The van der Waals surface area contributed by atoms with Crippen LogP contribution in [0.5, 0.6) is 0 Å². The van der Waals surface area contributed by atoms with Gasteiger partial charge in [-0.25, -0.2) is 0 Å². The van der Waals surface area contributed by atoms with E-state index in [2.05, 4.69) is 202 Å². The molecule has 1 aliphatic rings. The molecule has 0 fully saturated rings. The highest BCUT2D eigenvalue weighted by Gasteiger charge is 2.47. The molecule has 10 rings (SSSR count). The van der Waals surface area contributed by atoms with E-state index in [1.807, 2.05) is 42.5 Å². The fourth-order valence-corrected chi connectivity index (χ4v) is 8.23. The molecule has 0 amide bonds. The number of hydrogen-bond donors (Lipinski definition) is 0. The Hall–Kier alpha value is -7.16. The average Bonchev–Trinajstić information content (AvgIpc) is 3.81. The van der Waals surface area contributed by atoms with E-state index in [9.17, 15) is 0 Å². The molecule has 0 bridgehead atoms. The van der Waals surface area contributed by atoms with E-state index in [1.54, 1.807) is 6.08 Å². The smallest absolute Gasteiger partial charge is 0.143 e. The summed E-state index contributed by atoms with van der Waals surface area (Å²) in [5.74, 6) is 0. The minimum absolute atomic E-state index is 0.468. The molecule has 0 saturated carbocycles. The van der Waals surface area contributed by atoms with Crippen molar-refractivity contribution in [1.29, 1.82) is 0 Å². The third-order valence-electron chi connectivity index (χ3n) is 11.1. The third kappa shape index (κ3) is 7.17. The quantitative estimate of drug-likeness (QED) is 0.157. The van der Waals surface area contributed by atoms with Crippen molar-refractivity contribution < 1.29 is 4.42 Å². The van der Waals surface area contributed by atoms with Crippen LogP contribution in [0.4, 0.5) is 11.4 Å². The van der Waals surface area contributed by atoms with Gasteiger partial charge in [0.2, 0.25) is 0 Å². The Morgan fingerprint density at radius 3 is 1.72 bits per heavy atom. The summed E-state index contributed by atoms with van der Waals surface area (Å²) in [6.07, 6.45) is 5.79. The number of rotatable bonds is 6. The number of anilines is 2. The van der Waals surface area contributed by atoms with E-state index >= 15 is 0 Å². The zero-order valence-electron chi connectivity index (χ0n) is 33.3. The molecule has 282 valence electrons. The Bertz CT molecular complexity index is 2780. The van der Waals surface area contributed by atoms with Crippen LogP contribution < -0.4 is 4.90 Å². The number of nitrogens with zero attached hydrogens (tertiary/aromatic N) is 1. The highest BCUT2D eigenvalue weighted by molar-refractivity contribution is 6.12. The summed E-state index contributed by atoms with van der Waals surface area (Å²) in [5, 5.41) is 2.30. The average molecular weight is 750 g/mol. The van der Waals surface area contributed by atoms with Crippen LogP contribution in [-0.2, 0) is 5.41 Å². The summed E-state index contributed by atoms with van der Waals surface area (Å²) in [6.45, 7) is 7.80. The molecule has 0 radical (unpaired) electrons. The molecule has 0 N–H and O–H groups in total. The van der Waals surface area contributed by atoms with Gasteiger partial charge in [-0.2, -0.15) is 0 Å². The Morgan fingerprint density at radius 1 is 0.534 bits per heavy atom. The first-order chi connectivity index (χ1) is 28.5. The molecule has 1 aromatic heterocycles. The van der Waals surface area contributed by atoms with Crippen molar-refractivity contribution in [3.63, 3.8) is 0 Å². The molecule has 0 unspecified atom stereocenters. The fraction of sp³-hybridized carbons (Fsp3) is 0.0714. The second-order valence-electron chi connectivity index (χ2n) is 14.7. The van der Waals surface area contributed by atoms with Crippen LogP contribution >= 0.6 is 0 Å². The predicted octanol–water partition coefficient (Wildman–Crippen LogP) is 14.9. The van der Waals surface area contributed by atoms with Crippen molar-refractivity contribution in [3.8, 4) is 11.1 Å². The van der Waals surface area contributed by atoms with E-state index in [0.29, 0.717) is 0 Å². The maximum atomic E-state index is 6.69. The monoisotopic (exact) mass is 749 g/mol. The van der Waals surface area contributed by atoms with Crippen LogP contribution in [0.15, 0.2) is 223 Å². The van der Waals surface area contributed by atoms with Crippen molar-refractivity contribution in [1.82, 2.24) is 0 Å². The van der Waals surface area contributed by atoms with Crippen molar-refractivity contribution in [2.75, 3.05) is 11.9 Å². The summed E-state index contributed by atoms with van der Waals surface area (Å²) >= 11 is 0. The van der Waals surface area contributed by atoms with Gasteiger partial charge in [0, 0.05) is 34.8 Å². The molecule has 2 nitrogen and oxygen atoms in total. The Kier molecular flexibility index (Phi) is 11.0. The summed E-state index contributed by atoms with van der Waals surface area (Å²) in [6, 6.07) is 70.8. The largest absolute Gasteiger partial charge is 0.455 e. The maximum absolute atomic E-state index is 6.69. The maximum Gasteiger partial charge on any atom is 0.143 e. The number of fused-ring (bicyclic) bond motifs is 7. The lowest BCUT2D eigenvalue weighted by molar-refractivity contribution is 0.669. The summed E-state index contributed by atoms with van der Waals surface area (Å²) in [5.41, 5.74) is 15.0. The number of aryl methyl sites for hydroxylation is 2. The number of para-hydroxylation sites is 2. The van der Waals surface area contributed by atoms with E-state index < -0.39 is 5.41 Å². The van der Waals surface area contributed by atoms with Crippen LogP contribution in [0.1, 0.15) is 38.9 Å². The molecular formula is C56H47NO. The lowest BCUT2D eigenvalue weighted by atomic mass is 9.67. The first-order valence-electron chi connectivity index (χ1n) is 19.9. The number of benzene rings is 8. The van der Waals surface area contributed by atoms with Crippen LogP contribution in [0.25, 0.3) is 39.1 Å². The lowest BCUT2D eigenvalue weighted by Gasteiger charge is -2.34. The van der Waals surface area contributed by atoms with Gasteiger partial charge in [-0.3, -0.25) is 0 Å². The van der Waals surface area contributed by atoms with E-state index in [4.69, 9.17) is 4.42 Å². The number of allylic oxidation sites excluding steroid dienone is 2. The topological polar surface area (TPSA) is 16.4 Å². The van der Waals surface area contributed by atoms with Gasteiger partial charge in [-0.1, -0.05) is 200 Å². The van der Waals surface area contributed by atoms with Gasteiger partial charge >= 0.3 is 0 Å². The van der Waals surface area contributed by atoms with Crippen LogP contribution in [0, 0.1) is 13.8 Å². The molecule has 8 aromatic carbocycles. The van der Waals surface area contributed by atoms with Crippen LogP contribution in [0.2, 0.25) is 0 Å². The Morgan fingerprint density at radius 2 is 1.10 bits per heavy atom.